The van der Waals surface area contributed by atoms with Crippen molar-refractivity contribution in [3.63, 3.8) is 0 Å². The molecule has 0 aromatic heterocycles. The molecule has 20 heavy (non-hydrogen) atoms. The van der Waals surface area contributed by atoms with Gasteiger partial charge in [-0.25, -0.2) is 8.78 Å². The van der Waals surface area contributed by atoms with Gasteiger partial charge in [0.2, 0.25) is 0 Å². The Bertz CT molecular complexity index is 680. The molecule has 5 heteroatoms. The first kappa shape index (κ1) is 14.3. The molecule has 2 rings (SSSR count). The summed E-state index contributed by atoms with van der Waals surface area (Å²) in [6.45, 7) is 1.71. The van der Waals surface area contributed by atoms with Crippen LogP contribution in [0.2, 0.25) is 5.02 Å². The predicted octanol–water partition coefficient (Wildman–Crippen LogP) is 4.66. The fourth-order valence-electron chi connectivity index (χ4n) is 1.87. The van der Waals surface area contributed by atoms with Crippen LogP contribution < -0.4 is 5.32 Å². The van der Waals surface area contributed by atoms with E-state index < -0.39 is 17.7 Å². The van der Waals surface area contributed by atoms with Crippen molar-refractivity contribution in [3.8, 4) is 6.07 Å². The van der Waals surface area contributed by atoms with E-state index in [1.54, 1.807) is 25.1 Å². The van der Waals surface area contributed by atoms with Crippen LogP contribution in [0.1, 0.15) is 24.1 Å². The summed E-state index contributed by atoms with van der Waals surface area (Å²) in [6, 6.07) is 9.65. The van der Waals surface area contributed by atoms with Crippen molar-refractivity contribution in [2.24, 2.45) is 0 Å². The molecule has 0 spiro atoms. The van der Waals surface area contributed by atoms with E-state index in [0.717, 1.165) is 18.2 Å². The van der Waals surface area contributed by atoms with Gasteiger partial charge in [0.25, 0.3) is 0 Å². The number of nitrogens with one attached hydrogen (secondary N) is 1. The monoisotopic (exact) mass is 292 g/mol. The lowest BCUT2D eigenvalue weighted by molar-refractivity contribution is 0.577. The summed E-state index contributed by atoms with van der Waals surface area (Å²) in [7, 11) is 0. The van der Waals surface area contributed by atoms with Gasteiger partial charge >= 0.3 is 0 Å². The SMILES string of the molecule is CC(Nc1ccc(Cl)c(C#N)c1)c1cc(F)ccc1F. The minimum absolute atomic E-state index is 0.221. The number of nitrogens with zero attached hydrogens (tertiary/aromatic N) is 1. The lowest BCUT2D eigenvalue weighted by Gasteiger charge is -2.17. The van der Waals surface area contributed by atoms with Crippen molar-refractivity contribution in [2.45, 2.75) is 13.0 Å². The normalized spacial score (nSPS) is 11.8. The van der Waals surface area contributed by atoms with Crippen molar-refractivity contribution < 1.29 is 8.78 Å². The van der Waals surface area contributed by atoms with Crippen LogP contribution in [0.15, 0.2) is 36.4 Å². The molecule has 0 heterocycles. The largest absolute Gasteiger partial charge is 0.378 e. The van der Waals surface area contributed by atoms with Gasteiger partial charge in [-0.05, 0) is 43.3 Å². The van der Waals surface area contributed by atoms with E-state index in [1.807, 2.05) is 6.07 Å². The van der Waals surface area contributed by atoms with Gasteiger partial charge in [0.15, 0.2) is 0 Å². The van der Waals surface area contributed by atoms with Crippen molar-refractivity contribution in [2.75, 3.05) is 5.32 Å². The Morgan fingerprint density at radius 3 is 2.65 bits per heavy atom. The molecule has 2 aromatic carbocycles. The molecule has 0 amide bonds. The second-order valence-electron chi connectivity index (χ2n) is 4.34. The molecule has 1 unspecified atom stereocenters. The zero-order valence-electron chi connectivity index (χ0n) is 10.6. The highest BCUT2D eigenvalue weighted by Gasteiger charge is 2.12. The molecule has 0 bridgehead atoms. The Morgan fingerprint density at radius 2 is 1.95 bits per heavy atom. The van der Waals surface area contributed by atoms with E-state index in [1.165, 1.54) is 0 Å². The van der Waals surface area contributed by atoms with Crippen LogP contribution in [0.4, 0.5) is 14.5 Å². The number of hydrogen-bond acceptors (Lipinski definition) is 2. The molecule has 0 radical (unpaired) electrons. The molecular formula is C15H11ClF2N2. The van der Waals surface area contributed by atoms with Crippen LogP contribution in [-0.4, -0.2) is 0 Å². The van der Waals surface area contributed by atoms with Crippen LogP contribution in [0.25, 0.3) is 0 Å². The number of benzene rings is 2. The van der Waals surface area contributed by atoms with Gasteiger partial charge in [-0.1, -0.05) is 11.6 Å². The van der Waals surface area contributed by atoms with E-state index in [9.17, 15) is 8.78 Å². The molecule has 2 nitrogen and oxygen atoms in total. The third kappa shape index (κ3) is 3.06. The zero-order valence-corrected chi connectivity index (χ0v) is 11.4. The maximum atomic E-state index is 13.7. The Labute approximate surface area is 120 Å². The summed E-state index contributed by atoms with van der Waals surface area (Å²) in [5.74, 6) is -0.982. The second-order valence-corrected chi connectivity index (χ2v) is 4.75. The quantitative estimate of drug-likeness (QED) is 0.893. The standard InChI is InChI=1S/C15H11ClF2N2/c1-9(13-7-11(17)2-5-15(13)18)20-12-3-4-14(16)10(6-12)8-19/h2-7,9,20H,1H3. The zero-order chi connectivity index (χ0) is 14.7. The first-order valence-electron chi connectivity index (χ1n) is 5.92. The first-order valence-corrected chi connectivity index (χ1v) is 6.30. The molecule has 1 atom stereocenters. The van der Waals surface area contributed by atoms with E-state index in [0.29, 0.717) is 16.3 Å². The van der Waals surface area contributed by atoms with Crippen LogP contribution in [0.3, 0.4) is 0 Å². The second kappa shape index (κ2) is 5.89. The van der Waals surface area contributed by atoms with Gasteiger partial charge in [0.1, 0.15) is 17.7 Å². The minimum Gasteiger partial charge on any atom is -0.378 e. The summed E-state index contributed by atoms with van der Waals surface area (Å²) in [6.07, 6.45) is 0. The molecule has 0 aliphatic carbocycles. The average Bonchev–Trinajstić information content (AvgIpc) is 2.43. The van der Waals surface area contributed by atoms with Crippen LogP contribution in [0, 0.1) is 23.0 Å². The topological polar surface area (TPSA) is 35.8 Å². The van der Waals surface area contributed by atoms with Gasteiger partial charge in [0, 0.05) is 11.3 Å². The molecule has 0 aliphatic rings. The predicted molar refractivity (Wildman–Crippen MR) is 74.6 cm³/mol. The van der Waals surface area contributed by atoms with Gasteiger partial charge in [-0.3, -0.25) is 0 Å². The molecule has 0 saturated heterocycles. The number of hydrogen-bond donors (Lipinski definition) is 1. The molecule has 0 saturated carbocycles. The molecular weight excluding hydrogens is 282 g/mol. The molecule has 0 aliphatic heterocycles. The smallest absolute Gasteiger partial charge is 0.128 e. The van der Waals surface area contributed by atoms with E-state index in [2.05, 4.69) is 5.32 Å². The summed E-state index contributed by atoms with van der Waals surface area (Å²) >= 11 is 5.84. The van der Waals surface area contributed by atoms with Crippen molar-refractivity contribution in [1.29, 1.82) is 5.26 Å². The molecule has 1 N–H and O–H groups in total. The lowest BCUT2D eigenvalue weighted by Crippen LogP contribution is -2.09. The lowest BCUT2D eigenvalue weighted by atomic mass is 10.1. The summed E-state index contributed by atoms with van der Waals surface area (Å²) in [4.78, 5) is 0. The number of halogens is 3. The third-order valence-corrected chi connectivity index (χ3v) is 3.22. The Balaban J connectivity index is 2.26. The fourth-order valence-corrected chi connectivity index (χ4v) is 2.03. The van der Waals surface area contributed by atoms with Crippen LogP contribution in [0.5, 0.6) is 0 Å². The van der Waals surface area contributed by atoms with Gasteiger partial charge in [-0.2, -0.15) is 5.26 Å². The fraction of sp³-hybridized carbons (Fsp3) is 0.133. The number of rotatable bonds is 3. The van der Waals surface area contributed by atoms with E-state index in [4.69, 9.17) is 16.9 Å². The van der Waals surface area contributed by atoms with Gasteiger partial charge in [-0.15, -0.1) is 0 Å². The van der Waals surface area contributed by atoms with Crippen molar-refractivity contribution in [1.82, 2.24) is 0 Å². The Kier molecular flexibility index (Phi) is 4.21. The Hall–Kier alpha value is -2.12. The number of anilines is 1. The molecule has 2 aromatic rings. The maximum Gasteiger partial charge on any atom is 0.128 e. The summed E-state index contributed by atoms with van der Waals surface area (Å²) in [5.41, 5.74) is 1.16. The highest BCUT2D eigenvalue weighted by Crippen LogP contribution is 2.25. The van der Waals surface area contributed by atoms with Gasteiger partial charge in [0.05, 0.1) is 16.6 Å². The third-order valence-electron chi connectivity index (χ3n) is 2.89. The highest BCUT2D eigenvalue weighted by atomic mass is 35.5. The van der Waals surface area contributed by atoms with Crippen molar-refractivity contribution in [3.05, 3.63) is 64.2 Å². The van der Waals surface area contributed by atoms with Gasteiger partial charge < -0.3 is 5.32 Å². The molecule has 0 fully saturated rings. The minimum atomic E-state index is -0.496. The van der Waals surface area contributed by atoms with Crippen molar-refractivity contribution >= 4 is 17.3 Å². The first-order chi connectivity index (χ1) is 9.51. The van der Waals surface area contributed by atoms with Crippen LogP contribution in [-0.2, 0) is 0 Å². The average molecular weight is 293 g/mol. The summed E-state index contributed by atoms with van der Waals surface area (Å²) in [5, 5.41) is 12.3. The van der Waals surface area contributed by atoms with E-state index in [-0.39, 0.29) is 5.56 Å². The van der Waals surface area contributed by atoms with Crippen LogP contribution >= 0.6 is 11.6 Å². The molecule has 102 valence electrons. The maximum absolute atomic E-state index is 13.7. The number of nitriles is 1. The Morgan fingerprint density at radius 1 is 1.20 bits per heavy atom. The summed E-state index contributed by atoms with van der Waals surface area (Å²) < 4.78 is 26.8. The highest BCUT2D eigenvalue weighted by molar-refractivity contribution is 6.31. The van der Waals surface area contributed by atoms with E-state index >= 15 is 0 Å².